The zero-order chi connectivity index (χ0) is 14.2. The van der Waals surface area contributed by atoms with Crippen LogP contribution in [0.1, 0.15) is 28.1 Å². The summed E-state index contributed by atoms with van der Waals surface area (Å²) >= 11 is 0.911. The van der Waals surface area contributed by atoms with Crippen LogP contribution in [0.5, 0.6) is 0 Å². The van der Waals surface area contributed by atoms with Gasteiger partial charge in [-0.15, -0.1) is 11.3 Å². The topological polar surface area (TPSA) is 94.9 Å². The molecule has 8 heteroatoms. The molecule has 0 aliphatic heterocycles. The van der Waals surface area contributed by atoms with Gasteiger partial charge in [0.15, 0.2) is 0 Å². The average molecular weight is 305 g/mol. The minimum atomic E-state index is -3.86. The first-order valence-electron chi connectivity index (χ1n) is 5.83. The Kier molecular flexibility index (Phi) is 3.95. The molecule has 0 saturated heterocycles. The lowest BCUT2D eigenvalue weighted by atomic mass is 10.3. The van der Waals surface area contributed by atoms with Crippen molar-refractivity contribution in [1.82, 2.24) is 4.31 Å². The van der Waals surface area contributed by atoms with Crippen LogP contribution in [0.25, 0.3) is 0 Å². The standard InChI is InChI=1S/C11H15NO5S2/c1-7-6-18-9(11(14)15)10(7)19(16,17)12(4-5-13)8-2-3-8/h6,8,13H,2-5H2,1H3,(H,14,15). The molecule has 0 spiro atoms. The van der Waals surface area contributed by atoms with Crippen molar-refractivity contribution in [2.45, 2.75) is 30.7 Å². The highest BCUT2D eigenvalue weighted by Crippen LogP contribution is 2.35. The van der Waals surface area contributed by atoms with E-state index in [1.165, 1.54) is 9.69 Å². The van der Waals surface area contributed by atoms with Crippen LogP contribution in [0.3, 0.4) is 0 Å². The van der Waals surface area contributed by atoms with E-state index < -0.39 is 16.0 Å². The minimum absolute atomic E-state index is 0.00134. The summed E-state index contributed by atoms with van der Waals surface area (Å²) in [6.45, 7) is 1.31. The Morgan fingerprint density at radius 3 is 2.63 bits per heavy atom. The van der Waals surface area contributed by atoms with Gasteiger partial charge in [0.2, 0.25) is 10.0 Å². The maximum atomic E-state index is 12.6. The molecule has 1 heterocycles. The molecule has 106 valence electrons. The number of hydrogen-bond donors (Lipinski definition) is 2. The van der Waals surface area contributed by atoms with E-state index in [1.54, 1.807) is 6.92 Å². The van der Waals surface area contributed by atoms with Crippen molar-refractivity contribution in [3.8, 4) is 0 Å². The predicted molar refractivity (Wildman–Crippen MR) is 70.0 cm³/mol. The number of sulfonamides is 1. The Morgan fingerprint density at radius 2 is 2.16 bits per heavy atom. The fourth-order valence-electron chi connectivity index (χ4n) is 1.98. The highest BCUT2D eigenvalue weighted by Gasteiger charge is 2.40. The number of thiophene rings is 1. The third-order valence-corrected chi connectivity index (χ3v) is 6.31. The second kappa shape index (κ2) is 5.20. The summed E-state index contributed by atoms with van der Waals surface area (Å²) in [5.74, 6) is -1.24. The minimum Gasteiger partial charge on any atom is -0.477 e. The van der Waals surface area contributed by atoms with E-state index in [0.717, 1.165) is 24.2 Å². The summed E-state index contributed by atoms with van der Waals surface area (Å²) in [5, 5.41) is 19.6. The van der Waals surface area contributed by atoms with Gasteiger partial charge in [0.25, 0.3) is 0 Å². The molecule has 0 unspecified atom stereocenters. The SMILES string of the molecule is Cc1csc(C(=O)O)c1S(=O)(=O)N(CCO)C1CC1. The van der Waals surface area contributed by atoms with Gasteiger partial charge in [-0.3, -0.25) is 0 Å². The van der Waals surface area contributed by atoms with Crippen molar-refractivity contribution in [1.29, 1.82) is 0 Å². The van der Waals surface area contributed by atoms with Gasteiger partial charge in [0.05, 0.1) is 6.61 Å². The van der Waals surface area contributed by atoms with E-state index in [9.17, 15) is 13.2 Å². The van der Waals surface area contributed by atoms with E-state index in [4.69, 9.17) is 10.2 Å². The second-order valence-corrected chi connectivity index (χ2v) is 7.16. The first kappa shape index (κ1) is 14.4. The molecule has 6 nitrogen and oxygen atoms in total. The summed E-state index contributed by atoms with van der Waals surface area (Å²) < 4.78 is 26.4. The molecule has 1 fully saturated rings. The fraction of sp³-hybridized carbons (Fsp3) is 0.545. The van der Waals surface area contributed by atoms with Crippen molar-refractivity contribution in [2.75, 3.05) is 13.2 Å². The molecule has 0 radical (unpaired) electrons. The molecule has 1 aromatic rings. The normalized spacial score (nSPS) is 15.9. The van der Waals surface area contributed by atoms with Gasteiger partial charge >= 0.3 is 5.97 Å². The lowest BCUT2D eigenvalue weighted by Crippen LogP contribution is -2.36. The van der Waals surface area contributed by atoms with Crippen LogP contribution in [-0.2, 0) is 10.0 Å². The third-order valence-electron chi connectivity index (χ3n) is 2.95. The van der Waals surface area contributed by atoms with Crippen LogP contribution < -0.4 is 0 Å². The Hall–Kier alpha value is -0.960. The number of carboxylic acids is 1. The van der Waals surface area contributed by atoms with Crippen molar-refractivity contribution < 1.29 is 23.4 Å². The van der Waals surface area contributed by atoms with Crippen LogP contribution in [0.4, 0.5) is 0 Å². The zero-order valence-electron chi connectivity index (χ0n) is 10.4. The number of hydrogen-bond acceptors (Lipinski definition) is 5. The number of carboxylic acid groups (broad SMARTS) is 1. The van der Waals surface area contributed by atoms with Crippen LogP contribution in [0, 0.1) is 6.92 Å². The summed E-state index contributed by atoms with van der Waals surface area (Å²) in [6, 6.07) is -0.113. The molecule has 1 aromatic heterocycles. The highest BCUT2D eigenvalue weighted by atomic mass is 32.2. The summed E-state index contributed by atoms with van der Waals surface area (Å²) in [7, 11) is -3.86. The molecule has 0 aromatic carbocycles. The summed E-state index contributed by atoms with van der Waals surface area (Å²) in [5.41, 5.74) is 0.436. The zero-order valence-corrected chi connectivity index (χ0v) is 12.0. The lowest BCUT2D eigenvalue weighted by molar-refractivity contribution is 0.0698. The monoisotopic (exact) mass is 305 g/mol. The maximum Gasteiger partial charge on any atom is 0.347 e. The number of aliphatic hydroxyl groups is 1. The van der Waals surface area contributed by atoms with Crippen molar-refractivity contribution in [2.24, 2.45) is 0 Å². The first-order valence-corrected chi connectivity index (χ1v) is 8.15. The summed E-state index contributed by atoms with van der Waals surface area (Å²) in [6.07, 6.45) is 1.51. The molecule has 0 bridgehead atoms. The highest BCUT2D eigenvalue weighted by molar-refractivity contribution is 7.89. The van der Waals surface area contributed by atoms with Crippen LogP contribution >= 0.6 is 11.3 Å². The van der Waals surface area contributed by atoms with Crippen molar-refractivity contribution >= 4 is 27.3 Å². The second-order valence-electron chi connectivity index (χ2n) is 4.45. The Balaban J connectivity index is 2.48. The molecule has 0 atom stereocenters. The van der Waals surface area contributed by atoms with Crippen LogP contribution in [0.15, 0.2) is 10.3 Å². The van der Waals surface area contributed by atoms with E-state index in [1.807, 2.05) is 0 Å². The van der Waals surface area contributed by atoms with Gasteiger partial charge in [0, 0.05) is 12.6 Å². The van der Waals surface area contributed by atoms with Crippen LogP contribution in [-0.4, -0.2) is 48.1 Å². The van der Waals surface area contributed by atoms with E-state index in [-0.39, 0.29) is 29.0 Å². The maximum absolute atomic E-state index is 12.6. The molecular formula is C11H15NO5S2. The molecule has 19 heavy (non-hydrogen) atoms. The largest absolute Gasteiger partial charge is 0.477 e. The van der Waals surface area contributed by atoms with E-state index >= 15 is 0 Å². The van der Waals surface area contributed by atoms with Crippen molar-refractivity contribution in [3.63, 3.8) is 0 Å². The molecule has 2 N–H and O–H groups in total. The third kappa shape index (κ3) is 2.66. The number of aliphatic hydroxyl groups excluding tert-OH is 1. The van der Waals surface area contributed by atoms with Crippen LogP contribution in [0.2, 0.25) is 0 Å². The molecule has 1 saturated carbocycles. The number of aryl methyl sites for hydroxylation is 1. The van der Waals surface area contributed by atoms with E-state index in [0.29, 0.717) is 5.56 Å². The van der Waals surface area contributed by atoms with Gasteiger partial charge in [-0.2, -0.15) is 4.31 Å². The quantitative estimate of drug-likeness (QED) is 0.814. The Morgan fingerprint density at radius 1 is 1.53 bits per heavy atom. The van der Waals surface area contributed by atoms with Gasteiger partial charge in [0.1, 0.15) is 9.77 Å². The summed E-state index contributed by atoms with van der Waals surface area (Å²) in [4.78, 5) is 10.8. The van der Waals surface area contributed by atoms with Gasteiger partial charge < -0.3 is 10.2 Å². The van der Waals surface area contributed by atoms with Gasteiger partial charge in [-0.1, -0.05) is 0 Å². The fourth-order valence-corrected chi connectivity index (χ4v) is 5.24. The Labute approximate surface area is 115 Å². The van der Waals surface area contributed by atoms with Gasteiger partial charge in [-0.25, -0.2) is 13.2 Å². The van der Waals surface area contributed by atoms with Crippen molar-refractivity contribution in [3.05, 3.63) is 15.8 Å². The molecule has 2 rings (SSSR count). The number of carbonyl (C=O) groups is 1. The van der Waals surface area contributed by atoms with Gasteiger partial charge in [-0.05, 0) is 30.7 Å². The number of nitrogens with zero attached hydrogens (tertiary/aromatic N) is 1. The molecule has 1 aliphatic rings. The molecule has 0 amide bonds. The smallest absolute Gasteiger partial charge is 0.347 e. The predicted octanol–water partition coefficient (Wildman–Crippen LogP) is 0.900. The molecule has 1 aliphatic carbocycles. The molecular weight excluding hydrogens is 290 g/mol. The number of aromatic carboxylic acids is 1. The van der Waals surface area contributed by atoms with E-state index in [2.05, 4.69) is 0 Å². The first-order chi connectivity index (χ1) is 8.89. The lowest BCUT2D eigenvalue weighted by Gasteiger charge is -2.21. The number of rotatable bonds is 6. The average Bonchev–Trinajstić information content (AvgIpc) is 3.07. The Bertz CT molecular complexity index is 588.